The lowest BCUT2D eigenvalue weighted by Gasteiger charge is -2.11. The summed E-state index contributed by atoms with van der Waals surface area (Å²) in [6, 6.07) is 8.40. The Morgan fingerprint density at radius 3 is 2.38 bits per heavy atom. The van der Waals surface area contributed by atoms with Crippen LogP contribution in [0.5, 0.6) is 0 Å². The van der Waals surface area contributed by atoms with Crippen LogP contribution in [0.3, 0.4) is 0 Å². The Labute approximate surface area is 98.2 Å². The average Bonchev–Trinajstić information content (AvgIpc) is 2.16. The summed E-state index contributed by atoms with van der Waals surface area (Å²) in [5.41, 5.74) is 3.44. The number of carbonyl (C=O) groups is 1. The van der Waals surface area contributed by atoms with Gasteiger partial charge in [-0.1, -0.05) is 48.9 Å². The number of hydrogen-bond donors (Lipinski definition) is 0. The zero-order valence-corrected chi connectivity index (χ0v) is 10.4. The Hall–Kier alpha value is -1.37. The molecule has 0 N–H and O–H groups in total. The first-order valence-electron chi connectivity index (χ1n) is 5.71. The van der Waals surface area contributed by atoms with Crippen molar-refractivity contribution in [3.63, 3.8) is 0 Å². The molecular formula is C15H20O. The second-order valence-electron chi connectivity index (χ2n) is 4.69. The number of rotatable bonds is 5. The highest BCUT2D eigenvalue weighted by atomic mass is 16.1. The number of ketones is 1. The van der Waals surface area contributed by atoms with Crippen molar-refractivity contribution in [1.82, 2.24) is 0 Å². The number of Topliss-reactive ketones (excluding diaryl/α,β-unsaturated/α-hetero) is 1. The summed E-state index contributed by atoms with van der Waals surface area (Å²) in [4.78, 5) is 11.6. The third kappa shape index (κ3) is 4.01. The topological polar surface area (TPSA) is 17.1 Å². The van der Waals surface area contributed by atoms with Crippen LogP contribution in [0.1, 0.15) is 43.7 Å². The molecule has 1 rings (SSSR count). The van der Waals surface area contributed by atoms with Crippen molar-refractivity contribution in [2.45, 2.75) is 39.5 Å². The zero-order valence-electron chi connectivity index (χ0n) is 10.4. The van der Waals surface area contributed by atoms with E-state index in [0.29, 0.717) is 18.8 Å². The molecule has 1 aromatic carbocycles. The van der Waals surface area contributed by atoms with Crippen LogP contribution in [-0.2, 0) is 4.79 Å². The van der Waals surface area contributed by atoms with Crippen LogP contribution in [0.25, 0.3) is 0 Å². The van der Waals surface area contributed by atoms with Gasteiger partial charge in [0.25, 0.3) is 0 Å². The molecule has 0 heterocycles. The van der Waals surface area contributed by atoms with Crippen molar-refractivity contribution >= 4 is 5.78 Å². The van der Waals surface area contributed by atoms with Crippen LogP contribution in [0, 0.1) is 6.92 Å². The van der Waals surface area contributed by atoms with E-state index in [4.69, 9.17) is 0 Å². The van der Waals surface area contributed by atoms with Gasteiger partial charge in [-0.3, -0.25) is 4.79 Å². The third-order valence-corrected chi connectivity index (χ3v) is 2.68. The van der Waals surface area contributed by atoms with Gasteiger partial charge in [0.2, 0.25) is 0 Å². The largest absolute Gasteiger partial charge is 0.299 e. The molecule has 1 aromatic rings. The van der Waals surface area contributed by atoms with E-state index in [2.05, 4.69) is 44.7 Å². The van der Waals surface area contributed by atoms with E-state index in [-0.39, 0.29) is 5.78 Å². The van der Waals surface area contributed by atoms with Crippen molar-refractivity contribution < 1.29 is 4.79 Å². The molecule has 1 unspecified atom stereocenters. The van der Waals surface area contributed by atoms with Crippen molar-refractivity contribution in [3.05, 3.63) is 47.5 Å². The monoisotopic (exact) mass is 216 g/mol. The first kappa shape index (κ1) is 12.7. The number of hydrogen-bond acceptors (Lipinski definition) is 1. The third-order valence-electron chi connectivity index (χ3n) is 2.68. The molecule has 16 heavy (non-hydrogen) atoms. The molecule has 0 aliphatic heterocycles. The highest BCUT2D eigenvalue weighted by Crippen LogP contribution is 2.20. The number of aryl methyl sites for hydroxylation is 1. The van der Waals surface area contributed by atoms with Gasteiger partial charge in [-0.05, 0) is 25.3 Å². The number of carbonyl (C=O) groups excluding carboxylic acids is 1. The van der Waals surface area contributed by atoms with Crippen molar-refractivity contribution in [3.8, 4) is 0 Å². The smallest absolute Gasteiger partial charge is 0.137 e. The van der Waals surface area contributed by atoms with Crippen LogP contribution >= 0.6 is 0 Å². The second-order valence-corrected chi connectivity index (χ2v) is 4.69. The predicted molar refractivity (Wildman–Crippen MR) is 68.6 cm³/mol. The molecule has 0 radical (unpaired) electrons. The van der Waals surface area contributed by atoms with E-state index < -0.39 is 0 Å². The quantitative estimate of drug-likeness (QED) is 0.679. The maximum Gasteiger partial charge on any atom is 0.137 e. The summed E-state index contributed by atoms with van der Waals surface area (Å²) in [6.45, 7) is 9.83. The fourth-order valence-corrected chi connectivity index (χ4v) is 1.76. The Morgan fingerprint density at radius 2 is 1.88 bits per heavy atom. The van der Waals surface area contributed by atoms with E-state index in [1.54, 1.807) is 0 Å². The summed E-state index contributed by atoms with van der Waals surface area (Å²) >= 11 is 0. The standard InChI is InChI=1S/C15H20O/c1-11(2)9-15(16)10-13(4)14-7-5-12(3)6-8-14/h5-8,13H,1,9-10H2,2-4H3. The molecule has 1 atom stereocenters. The van der Waals surface area contributed by atoms with Crippen molar-refractivity contribution in [2.75, 3.05) is 0 Å². The molecular weight excluding hydrogens is 196 g/mol. The fourth-order valence-electron chi connectivity index (χ4n) is 1.76. The summed E-state index contributed by atoms with van der Waals surface area (Å²) in [6.07, 6.45) is 1.12. The zero-order chi connectivity index (χ0) is 12.1. The summed E-state index contributed by atoms with van der Waals surface area (Å²) in [5.74, 6) is 0.577. The van der Waals surface area contributed by atoms with E-state index in [9.17, 15) is 4.79 Å². The van der Waals surface area contributed by atoms with Gasteiger partial charge in [-0.15, -0.1) is 0 Å². The minimum Gasteiger partial charge on any atom is -0.299 e. The molecule has 0 amide bonds. The maximum atomic E-state index is 11.6. The van der Waals surface area contributed by atoms with Crippen molar-refractivity contribution in [2.24, 2.45) is 0 Å². The van der Waals surface area contributed by atoms with Gasteiger partial charge in [0.05, 0.1) is 0 Å². The van der Waals surface area contributed by atoms with Gasteiger partial charge in [0.1, 0.15) is 5.78 Å². The normalized spacial score (nSPS) is 12.2. The Balaban J connectivity index is 2.58. The van der Waals surface area contributed by atoms with Crippen LogP contribution in [0.4, 0.5) is 0 Å². The van der Waals surface area contributed by atoms with Crippen LogP contribution in [0.2, 0.25) is 0 Å². The van der Waals surface area contributed by atoms with Gasteiger partial charge in [0.15, 0.2) is 0 Å². The van der Waals surface area contributed by atoms with Crippen LogP contribution < -0.4 is 0 Å². The lowest BCUT2D eigenvalue weighted by Crippen LogP contribution is -2.04. The molecule has 0 spiro atoms. The molecule has 86 valence electrons. The Kier molecular flexibility index (Phi) is 4.48. The van der Waals surface area contributed by atoms with E-state index in [1.807, 2.05) is 6.92 Å². The fraction of sp³-hybridized carbons (Fsp3) is 0.400. The van der Waals surface area contributed by atoms with Crippen LogP contribution in [0.15, 0.2) is 36.4 Å². The Morgan fingerprint density at radius 1 is 1.31 bits per heavy atom. The van der Waals surface area contributed by atoms with Gasteiger partial charge >= 0.3 is 0 Å². The molecule has 0 aliphatic rings. The second kappa shape index (κ2) is 5.64. The average molecular weight is 216 g/mol. The summed E-state index contributed by atoms with van der Waals surface area (Å²) < 4.78 is 0. The van der Waals surface area contributed by atoms with E-state index in [1.165, 1.54) is 11.1 Å². The van der Waals surface area contributed by atoms with E-state index >= 15 is 0 Å². The minimum absolute atomic E-state index is 0.278. The van der Waals surface area contributed by atoms with Gasteiger partial charge in [-0.2, -0.15) is 0 Å². The minimum atomic E-state index is 0.278. The lowest BCUT2D eigenvalue weighted by molar-refractivity contribution is -0.118. The molecule has 0 saturated heterocycles. The molecule has 0 aliphatic carbocycles. The highest BCUT2D eigenvalue weighted by Gasteiger charge is 2.10. The Bertz CT molecular complexity index is 373. The molecule has 0 saturated carbocycles. The predicted octanol–water partition coefficient (Wildman–Crippen LogP) is 4.02. The van der Waals surface area contributed by atoms with E-state index in [0.717, 1.165) is 5.57 Å². The van der Waals surface area contributed by atoms with Gasteiger partial charge < -0.3 is 0 Å². The molecule has 0 bridgehead atoms. The lowest BCUT2D eigenvalue weighted by atomic mass is 9.93. The molecule has 1 heteroatoms. The van der Waals surface area contributed by atoms with Crippen LogP contribution in [-0.4, -0.2) is 5.78 Å². The first-order chi connectivity index (χ1) is 7.49. The SMILES string of the molecule is C=C(C)CC(=O)CC(C)c1ccc(C)cc1. The highest BCUT2D eigenvalue weighted by molar-refractivity contribution is 5.81. The number of allylic oxidation sites excluding steroid dienone is 1. The maximum absolute atomic E-state index is 11.6. The molecule has 1 nitrogen and oxygen atoms in total. The van der Waals surface area contributed by atoms with Gasteiger partial charge in [-0.25, -0.2) is 0 Å². The summed E-state index contributed by atoms with van der Waals surface area (Å²) in [7, 11) is 0. The molecule has 0 fully saturated rings. The first-order valence-corrected chi connectivity index (χ1v) is 5.71. The number of benzene rings is 1. The van der Waals surface area contributed by atoms with Gasteiger partial charge in [0, 0.05) is 12.8 Å². The van der Waals surface area contributed by atoms with Crippen molar-refractivity contribution in [1.29, 1.82) is 0 Å². The summed E-state index contributed by atoms with van der Waals surface area (Å²) in [5, 5.41) is 0. The molecule has 0 aromatic heterocycles.